The molecule has 0 radical (unpaired) electrons. The van der Waals surface area contributed by atoms with Crippen molar-refractivity contribution in [2.24, 2.45) is 23.2 Å². The number of nitrogens with one attached hydrogen (secondary N) is 1. The molecular weight excluding hydrogens is 450 g/mol. The van der Waals surface area contributed by atoms with E-state index in [1.807, 2.05) is 0 Å². The first kappa shape index (κ1) is 26.4. The molecule has 0 amide bonds. The van der Waals surface area contributed by atoms with Crippen molar-refractivity contribution in [3.63, 3.8) is 0 Å². The average molecular weight is 492 g/mol. The Morgan fingerprint density at radius 2 is 1.77 bits per heavy atom. The zero-order valence-corrected chi connectivity index (χ0v) is 21.3. The highest BCUT2D eigenvalue weighted by Gasteiger charge is 2.52. The highest BCUT2D eigenvalue weighted by molar-refractivity contribution is 5.18. The lowest BCUT2D eigenvalue weighted by atomic mass is 9.59. The second kappa shape index (κ2) is 11.2. The summed E-state index contributed by atoms with van der Waals surface area (Å²) in [5.74, 6) is -1.35. The molecule has 5 heteroatoms. The molecule has 4 saturated carbocycles. The second-order valence-corrected chi connectivity index (χ2v) is 12.0. The number of allylic oxidation sites excluding steroid dienone is 3. The van der Waals surface area contributed by atoms with Crippen LogP contribution in [0.25, 0.3) is 0 Å². The van der Waals surface area contributed by atoms with Crippen molar-refractivity contribution in [1.82, 2.24) is 5.32 Å². The van der Waals surface area contributed by atoms with Crippen molar-refractivity contribution in [2.45, 2.75) is 96.4 Å². The molecule has 3 atom stereocenters. The van der Waals surface area contributed by atoms with E-state index < -0.39 is 23.3 Å². The first-order valence-electron chi connectivity index (χ1n) is 13.6. The van der Waals surface area contributed by atoms with E-state index in [0.717, 1.165) is 50.1 Å². The molecule has 4 aliphatic carbocycles. The molecule has 1 aromatic carbocycles. The predicted molar refractivity (Wildman–Crippen MR) is 134 cm³/mol. The first-order valence-corrected chi connectivity index (χ1v) is 13.6. The molecule has 4 fully saturated rings. The fraction of sp³-hybridized carbons (Fsp3) is 0.667. The molecule has 0 heterocycles. The van der Waals surface area contributed by atoms with Crippen LogP contribution in [0.4, 0.5) is 17.6 Å². The van der Waals surface area contributed by atoms with Crippen LogP contribution in [0.1, 0.15) is 90.0 Å². The van der Waals surface area contributed by atoms with E-state index in [1.54, 1.807) is 12.1 Å². The zero-order chi connectivity index (χ0) is 25.1. The summed E-state index contributed by atoms with van der Waals surface area (Å²) in [6, 6.07) is 4.25. The van der Waals surface area contributed by atoms with Gasteiger partial charge in [0.1, 0.15) is 5.83 Å². The summed E-state index contributed by atoms with van der Waals surface area (Å²) in [5, 5.41) is 3.90. The molecule has 0 saturated heterocycles. The number of fused-ring (bicyclic) bond motifs is 1. The molecule has 0 spiro atoms. The van der Waals surface area contributed by atoms with Gasteiger partial charge in [-0.25, -0.2) is 17.6 Å². The zero-order valence-electron chi connectivity index (χ0n) is 21.3. The molecule has 0 aliphatic heterocycles. The summed E-state index contributed by atoms with van der Waals surface area (Å²) in [4.78, 5) is 0. The lowest BCUT2D eigenvalue weighted by molar-refractivity contribution is 0.0426. The van der Waals surface area contributed by atoms with Gasteiger partial charge >= 0.3 is 0 Å². The van der Waals surface area contributed by atoms with Gasteiger partial charge in [-0.05, 0) is 118 Å². The van der Waals surface area contributed by atoms with Gasteiger partial charge in [-0.3, -0.25) is 0 Å². The van der Waals surface area contributed by atoms with Crippen LogP contribution in [0, 0.1) is 34.8 Å². The van der Waals surface area contributed by atoms with E-state index in [-0.39, 0.29) is 11.5 Å². The summed E-state index contributed by atoms with van der Waals surface area (Å²) in [6.45, 7) is 4.00. The molecule has 1 N–H and O–H groups in total. The van der Waals surface area contributed by atoms with Gasteiger partial charge in [0.25, 0.3) is 0 Å². The lowest BCUT2D eigenvalue weighted by Gasteiger charge is -2.49. The van der Waals surface area contributed by atoms with Crippen LogP contribution in [0.2, 0.25) is 0 Å². The van der Waals surface area contributed by atoms with Crippen LogP contribution >= 0.6 is 0 Å². The molecule has 1 nitrogen and oxygen atoms in total. The van der Waals surface area contributed by atoms with Crippen molar-refractivity contribution < 1.29 is 17.6 Å². The van der Waals surface area contributed by atoms with Gasteiger partial charge < -0.3 is 5.32 Å². The quantitative estimate of drug-likeness (QED) is 0.185. The highest BCUT2D eigenvalue weighted by atomic mass is 19.2. The molecule has 4 bridgehead atoms. The minimum absolute atomic E-state index is 0.150. The molecule has 3 unspecified atom stereocenters. The number of halogens is 4. The molecular formula is C30H41F4N. The lowest BCUT2D eigenvalue weighted by Crippen LogP contribution is -2.51. The van der Waals surface area contributed by atoms with Crippen molar-refractivity contribution in [3.8, 4) is 0 Å². The summed E-state index contributed by atoms with van der Waals surface area (Å²) >= 11 is 0. The molecule has 5 rings (SSSR count). The SMILES string of the molecule is C/C(F)=C(F)\C=C/C(C)CNC12CCC3(CCCCCc4ccc(F)c(F)c4)CC(CC(C3)C1)C2. The maximum Gasteiger partial charge on any atom is 0.159 e. The number of benzene rings is 1. The van der Waals surface area contributed by atoms with E-state index in [2.05, 4.69) is 12.2 Å². The third-order valence-electron chi connectivity index (χ3n) is 8.96. The molecule has 194 valence electrons. The van der Waals surface area contributed by atoms with Crippen molar-refractivity contribution >= 4 is 0 Å². The van der Waals surface area contributed by atoms with Gasteiger partial charge in [0.05, 0.1) is 0 Å². The first-order chi connectivity index (χ1) is 16.7. The Bertz CT molecular complexity index is 918. The Hall–Kier alpha value is -1.62. The summed E-state index contributed by atoms with van der Waals surface area (Å²) in [6.07, 6.45) is 17.5. The predicted octanol–water partition coefficient (Wildman–Crippen LogP) is 8.75. The van der Waals surface area contributed by atoms with Crippen LogP contribution in [0.3, 0.4) is 0 Å². The summed E-state index contributed by atoms with van der Waals surface area (Å²) in [5.41, 5.74) is 1.55. The number of rotatable bonds is 11. The molecule has 4 aliphatic rings. The Morgan fingerprint density at radius 3 is 2.46 bits per heavy atom. The van der Waals surface area contributed by atoms with Crippen LogP contribution in [-0.4, -0.2) is 12.1 Å². The van der Waals surface area contributed by atoms with Crippen molar-refractivity contribution in [2.75, 3.05) is 6.54 Å². The van der Waals surface area contributed by atoms with Gasteiger partial charge in [-0.2, -0.15) is 0 Å². The second-order valence-electron chi connectivity index (χ2n) is 12.0. The van der Waals surface area contributed by atoms with Crippen LogP contribution in [0.5, 0.6) is 0 Å². The Kier molecular flexibility index (Phi) is 8.45. The number of aryl methyl sites for hydroxylation is 1. The molecule has 35 heavy (non-hydrogen) atoms. The minimum atomic E-state index is -0.783. The van der Waals surface area contributed by atoms with Crippen molar-refractivity contribution in [3.05, 3.63) is 59.2 Å². The van der Waals surface area contributed by atoms with E-state index in [1.165, 1.54) is 76.0 Å². The largest absolute Gasteiger partial charge is 0.311 e. The number of hydrogen-bond acceptors (Lipinski definition) is 1. The van der Waals surface area contributed by atoms with Gasteiger partial charge in [0.15, 0.2) is 17.5 Å². The molecule has 1 aromatic rings. The Balaban J connectivity index is 1.27. The van der Waals surface area contributed by atoms with Crippen LogP contribution < -0.4 is 5.32 Å². The fourth-order valence-electron chi connectivity index (χ4n) is 7.43. The normalized spacial score (nSPS) is 31.6. The standard InChI is InChI=1S/C30H41F4N/c1-21(7-9-26(32)22(2)31)20-35-30-13-12-29(16-24(18-30)14-25(17-29)19-30)11-5-3-4-6-23-8-10-27(33)28(34)15-23/h7-10,15,21,24-25,35H,3-6,11-14,16-20H2,1-2H3/b9-7-,26-22-. The molecule has 0 aromatic heterocycles. The van der Waals surface area contributed by atoms with E-state index >= 15 is 0 Å². The number of unbranched alkanes of at least 4 members (excludes halogenated alkanes) is 2. The topological polar surface area (TPSA) is 12.0 Å². The third kappa shape index (κ3) is 6.78. The minimum Gasteiger partial charge on any atom is -0.311 e. The van der Waals surface area contributed by atoms with Crippen LogP contribution in [0.15, 0.2) is 42.0 Å². The van der Waals surface area contributed by atoms with Gasteiger partial charge in [-0.15, -0.1) is 0 Å². The summed E-state index contributed by atoms with van der Waals surface area (Å²) < 4.78 is 53.0. The monoisotopic (exact) mass is 491 g/mol. The summed E-state index contributed by atoms with van der Waals surface area (Å²) in [7, 11) is 0. The van der Waals surface area contributed by atoms with Crippen LogP contribution in [-0.2, 0) is 6.42 Å². The maximum atomic E-state index is 13.5. The van der Waals surface area contributed by atoms with E-state index in [9.17, 15) is 17.6 Å². The fourth-order valence-corrected chi connectivity index (χ4v) is 7.43. The smallest absolute Gasteiger partial charge is 0.159 e. The number of hydrogen-bond donors (Lipinski definition) is 1. The third-order valence-corrected chi connectivity index (χ3v) is 8.96. The van der Waals surface area contributed by atoms with Gasteiger partial charge in [0.2, 0.25) is 0 Å². The van der Waals surface area contributed by atoms with E-state index in [0.29, 0.717) is 5.41 Å². The Labute approximate surface area is 208 Å². The highest BCUT2D eigenvalue weighted by Crippen LogP contribution is 2.60. The Morgan fingerprint density at radius 1 is 1.03 bits per heavy atom. The average Bonchev–Trinajstić information content (AvgIpc) is 2.99. The van der Waals surface area contributed by atoms with E-state index in [4.69, 9.17) is 0 Å². The van der Waals surface area contributed by atoms with Crippen molar-refractivity contribution in [1.29, 1.82) is 0 Å². The van der Waals surface area contributed by atoms with Gasteiger partial charge in [-0.1, -0.05) is 31.9 Å². The maximum absolute atomic E-state index is 13.5. The van der Waals surface area contributed by atoms with Gasteiger partial charge in [0, 0.05) is 12.1 Å².